The van der Waals surface area contributed by atoms with Crippen LogP contribution in [0.3, 0.4) is 0 Å². The Morgan fingerprint density at radius 3 is 2.90 bits per heavy atom. The second kappa shape index (κ2) is 8.57. The summed E-state index contributed by atoms with van der Waals surface area (Å²) in [6.07, 6.45) is 4.08. The number of rotatable bonds is 7. The molecule has 0 spiro atoms. The molecule has 0 aliphatic carbocycles. The molecule has 1 aromatic carbocycles. The zero-order valence-electron chi connectivity index (χ0n) is 12.0. The normalized spacial score (nSPS) is 15.8. The molecule has 1 heterocycles. The Morgan fingerprint density at radius 1 is 1.25 bits per heavy atom. The fourth-order valence-electron chi connectivity index (χ4n) is 2.51. The van der Waals surface area contributed by atoms with Crippen molar-refractivity contribution in [3.63, 3.8) is 0 Å². The quantitative estimate of drug-likeness (QED) is 0.773. The first kappa shape index (κ1) is 14.8. The largest absolute Gasteiger partial charge is 0.479 e. The summed E-state index contributed by atoms with van der Waals surface area (Å²) in [7, 11) is 0. The van der Waals surface area contributed by atoms with Gasteiger partial charge in [-0.25, -0.2) is 0 Å². The Balaban J connectivity index is 1.66. The molecule has 1 aliphatic heterocycles. The molecule has 0 aromatic heterocycles. The van der Waals surface area contributed by atoms with Crippen molar-refractivity contribution in [2.45, 2.75) is 25.8 Å². The first-order chi connectivity index (χ1) is 9.88. The molecule has 1 fully saturated rings. The van der Waals surface area contributed by atoms with Crippen LogP contribution in [0.4, 0.5) is 0 Å². The molecule has 1 aromatic rings. The maximum absolute atomic E-state index is 8.50. The van der Waals surface area contributed by atoms with Gasteiger partial charge in [-0.05, 0) is 43.6 Å². The summed E-state index contributed by atoms with van der Waals surface area (Å²) in [5.74, 6) is 0.766. The van der Waals surface area contributed by atoms with Crippen molar-refractivity contribution in [1.82, 2.24) is 10.2 Å². The van der Waals surface area contributed by atoms with E-state index in [1.165, 1.54) is 37.9 Å². The van der Waals surface area contributed by atoms with Gasteiger partial charge in [0, 0.05) is 19.6 Å². The van der Waals surface area contributed by atoms with E-state index in [1.807, 2.05) is 24.3 Å². The number of nitrogens with one attached hydrogen (secondary N) is 1. The number of benzene rings is 1. The van der Waals surface area contributed by atoms with Gasteiger partial charge in [-0.1, -0.05) is 18.6 Å². The molecule has 0 bridgehead atoms. The summed E-state index contributed by atoms with van der Waals surface area (Å²) in [6.45, 7) is 5.59. The average molecular weight is 273 g/mol. The molecule has 0 atom stereocenters. The fraction of sp³-hybridized carbons (Fsp3) is 0.562. The summed E-state index contributed by atoms with van der Waals surface area (Å²) in [4.78, 5) is 2.53. The molecule has 0 saturated carbocycles. The molecule has 4 nitrogen and oxygen atoms in total. The molecule has 4 heteroatoms. The lowest BCUT2D eigenvalue weighted by atomic mass is 10.1. The van der Waals surface area contributed by atoms with Gasteiger partial charge in [0.05, 0.1) is 0 Å². The van der Waals surface area contributed by atoms with Crippen LogP contribution in [0.2, 0.25) is 0 Å². The van der Waals surface area contributed by atoms with E-state index in [0.717, 1.165) is 25.4 Å². The van der Waals surface area contributed by atoms with Gasteiger partial charge in [0.1, 0.15) is 11.8 Å². The van der Waals surface area contributed by atoms with Crippen molar-refractivity contribution in [3.8, 4) is 11.8 Å². The minimum absolute atomic E-state index is 0.103. The molecule has 1 aliphatic rings. The van der Waals surface area contributed by atoms with Gasteiger partial charge in [0.15, 0.2) is 6.61 Å². The Morgan fingerprint density at radius 2 is 2.10 bits per heavy atom. The summed E-state index contributed by atoms with van der Waals surface area (Å²) in [6, 6.07) is 9.90. The van der Waals surface area contributed by atoms with Gasteiger partial charge >= 0.3 is 0 Å². The van der Waals surface area contributed by atoms with E-state index in [1.54, 1.807) is 0 Å². The third-order valence-electron chi connectivity index (χ3n) is 3.58. The molecule has 108 valence electrons. The lowest BCUT2D eigenvalue weighted by Gasteiger charge is -2.26. The summed E-state index contributed by atoms with van der Waals surface area (Å²) >= 11 is 0. The second-order valence-electron chi connectivity index (χ2n) is 5.17. The number of ether oxygens (including phenoxy) is 1. The van der Waals surface area contributed by atoms with Crippen LogP contribution >= 0.6 is 0 Å². The van der Waals surface area contributed by atoms with E-state index >= 15 is 0 Å². The Hall–Kier alpha value is -1.57. The lowest BCUT2D eigenvalue weighted by Crippen LogP contribution is -2.35. The highest BCUT2D eigenvalue weighted by molar-refractivity contribution is 5.28. The standard InChI is InChI=1S/C16H23N3O/c17-7-12-20-16-6-4-5-15(13-16)14-18-8-11-19-9-2-1-3-10-19/h4-6,13,18H,1-3,8-12,14H2. The van der Waals surface area contributed by atoms with Crippen LogP contribution in [-0.4, -0.2) is 37.7 Å². The monoisotopic (exact) mass is 273 g/mol. The summed E-state index contributed by atoms with van der Waals surface area (Å²) in [5, 5.41) is 12.0. The van der Waals surface area contributed by atoms with E-state index in [0.29, 0.717) is 0 Å². The summed E-state index contributed by atoms with van der Waals surface area (Å²) < 4.78 is 5.30. The molecular weight excluding hydrogens is 250 g/mol. The SMILES string of the molecule is N#CCOc1cccc(CNCCN2CCCCC2)c1. The van der Waals surface area contributed by atoms with Crippen molar-refractivity contribution < 1.29 is 4.74 Å². The Bertz CT molecular complexity index is 436. The van der Waals surface area contributed by atoms with Crippen LogP contribution in [0.15, 0.2) is 24.3 Å². The zero-order chi connectivity index (χ0) is 14.0. The molecular formula is C16H23N3O. The van der Waals surface area contributed by atoms with Crippen molar-refractivity contribution in [2.75, 3.05) is 32.8 Å². The van der Waals surface area contributed by atoms with E-state index < -0.39 is 0 Å². The molecule has 0 unspecified atom stereocenters. The predicted molar refractivity (Wildman–Crippen MR) is 79.5 cm³/mol. The number of nitriles is 1. The first-order valence-corrected chi connectivity index (χ1v) is 7.40. The number of likely N-dealkylation sites (tertiary alicyclic amines) is 1. The molecule has 20 heavy (non-hydrogen) atoms. The average Bonchev–Trinajstić information content (AvgIpc) is 2.51. The van der Waals surface area contributed by atoms with Gasteiger partial charge < -0.3 is 15.0 Å². The Kier molecular flexibility index (Phi) is 6.36. The predicted octanol–water partition coefficient (Wildman–Crippen LogP) is 2.16. The van der Waals surface area contributed by atoms with Crippen molar-refractivity contribution in [1.29, 1.82) is 5.26 Å². The molecule has 0 radical (unpaired) electrons. The van der Waals surface area contributed by atoms with Crippen LogP contribution in [0.25, 0.3) is 0 Å². The van der Waals surface area contributed by atoms with E-state index in [9.17, 15) is 0 Å². The highest BCUT2D eigenvalue weighted by Crippen LogP contribution is 2.13. The number of piperidine rings is 1. The number of nitrogens with zero attached hydrogens (tertiary/aromatic N) is 2. The van der Waals surface area contributed by atoms with Crippen molar-refractivity contribution >= 4 is 0 Å². The van der Waals surface area contributed by atoms with Crippen LogP contribution in [0, 0.1) is 11.3 Å². The van der Waals surface area contributed by atoms with E-state index in [2.05, 4.69) is 16.3 Å². The van der Waals surface area contributed by atoms with Crippen molar-refractivity contribution in [2.24, 2.45) is 0 Å². The third kappa shape index (κ3) is 5.20. The lowest BCUT2D eigenvalue weighted by molar-refractivity contribution is 0.229. The van der Waals surface area contributed by atoms with E-state index in [4.69, 9.17) is 10.00 Å². The molecule has 2 rings (SSSR count). The van der Waals surface area contributed by atoms with Gasteiger partial charge in [-0.2, -0.15) is 5.26 Å². The van der Waals surface area contributed by atoms with E-state index in [-0.39, 0.29) is 6.61 Å². The van der Waals surface area contributed by atoms with Crippen LogP contribution in [0.1, 0.15) is 24.8 Å². The number of hydrogen-bond acceptors (Lipinski definition) is 4. The highest BCUT2D eigenvalue weighted by atomic mass is 16.5. The van der Waals surface area contributed by atoms with Gasteiger partial charge in [-0.3, -0.25) is 0 Å². The smallest absolute Gasteiger partial charge is 0.174 e. The topological polar surface area (TPSA) is 48.3 Å². The van der Waals surface area contributed by atoms with Gasteiger partial charge in [0.25, 0.3) is 0 Å². The maximum Gasteiger partial charge on any atom is 0.174 e. The molecule has 1 saturated heterocycles. The summed E-state index contributed by atoms with van der Waals surface area (Å²) in [5.41, 5.74) is 1.19. The van der Waals surface area contributed by atoms with Gasteiger partial charge in [-0.15, -0.1) is 0 Å². The van der Waals surface area contributed by atoms with Gasteiger partial charge in [0.2, 0.25) is 0 Å². The molecule has 0 amide bonds. The molecule has 1 N–H and O–H groups in total. The first-order valence-electron chi connectivity index (χ1n) is 7.40. The van der Waals surface area contributed by atoms with Crippen LogP contribution in [0.5, 0.6) is 5.75 Å². The van der Waals surface area contributed by atoms with Crippen LogP contribution < -0.4 is 10.1 Å². The van der Waals surface area contributed by atoms with Crippen LogP contribution in [-0.2, 0) is 6.54 Å². The minimum atomic E-state index is 0.103. The highest BCUT2D eigenvalue weighted by Gasteiger charge is 2.08. The second-order valence-corrected chi connectivity index (χ2v) is 5.17. The fourth-order valence-corrected chi connectivity index (χ4v) is 2.51. The third-order valence-corrected chi connectivity index (χ3v) is 3.58. The maximum atomic E-state index is 8.50. The zero-order valence-corrected chi connectivity index (χ0v) is 12.0. The van der Waals surface area contributed by atoms with Crippen molar-refractivity contribution in [3.05, 3.63) is 29.8 Å². The Labute approximate surface area is 121 Å². The minimum Gasteiger partial charge on any atom is -0.479 e. The number of hydrogen-bond donors (Lipinski definition) is 1.